The zero-order chi connectivity index (χ0) is 23.3. The SMILES string of the molecule is O=S(=O)(CCCN1CCCC1)N(Cc1ccc(-c2nnc(C(F)F)o2)cc1)c1ccccc1. The molecule has 0 amide bonds. The second kappa shape index (κ2) is 10.4. The molecule has 3 aromatic rings. The van der Waals surface area contributed by atoms with Crippen molar-refractivity contribution in [3.05, 3.63) is 66.1 Å². The monoisotopic (exact) mass is 476 g/mol. The molecule has 10 heteroatoms. The third-order valence-corrected chi connectivity index (χ3v) is 7.43. The summed E-state index contributed by atoms with van der Waals surface area (Å²) < 4.78 is 58.3. The molecule has 0 bridgehead atoms. The van der Waals surface area contributed by atoms with Crippen LogP contribution in [-0.4, -0.2) is 48.9 Å². The summed E-state index contributed by atoms with van der Waals surface area (Å²) in [6, 6.07) is 15.8. The first kappa shape index (κ1) is 23.3. The number of rotatable bonds is 10. The van der Waals surface area contributed by atoms with E-state index in [1.807, 2.05) is 6.07 Å². The largest absolute Gasteiger partial charge is 0.415 e. The van der Waals surface area contributed by atoms with Gasteiger partial charge in [0.25, 0.3) is 5.89 Å². The van der Waals surface area contributed by atoms with Crippen LogP contribution in [0.25, 0.3) is 11.5 Å². The first-order valence-corrected chi connectivity index (χ1v) is 12.5. The maximum absolute atomic E-state index is 13.3. The van der Waals surface area contributed by atoms with Crippen LogP contribution in [-0.2, 0) is 16.6 Å². The van der Waals surface area contributed by atoms with Crippen LogP contribution in [0.2, 0.25) is 0 Å². The first-order valence-electron chi connectivity index (χ1n) is 10.9. The number of sulfonamides is 1. The molecule has 1 saturated heterocycles. The maximum atomic E-state index is 13.3. The molecule has 1 aliphatic heterocycles. The number of hydrogen-bond acceptors (Lipinski definition) is 6. The van der Waals surface area contributed by atoms with Gasteiger partial charge in [-0.1, -0.05) is 30.3 Å². The summed E-state index contributed by atoms with van der Waals surface area (Å²) in [5.41, 5.74) is 1.83. The second-order valence-electron chi connectivity index (χ2n) is 8.00. The van der Waals surface area contributed by atoms with Gasteiger partial charge in [0.1, 0.15) is 0 Å². The lowest BCUT2D eigenvalue weighted by Crippen LogP contribution is -2.34. The Kier molecular flexibility index (Phi) is 7.34. The highest BCUT2D eigenvalue weighted by Crippen LogP contribution is 2.26. The van der Waals surface area contributed by atoms with Crippen LogP contribution in [0.3, 0.4) is 0 Å². The van der Waals surface area contributed by atoms with E-state index in [4.69, 9.17) is 4.42 Å². The molecule has 0 radical (unpaired) electrons. The van der Waals surface area contributed by atoms with Crippen molar-refractivity contribution < 1.29 is 21.6 Å². The lowest BCUT2D eigenvalue weighted by molar-refractivity contribution is 0.116. The molecule has 2 aromatic carbocycles. The number of para-hydroxylation sites is 1. The van der Waals surface area contributed by atoms with E-state index >= 15 is 0 Å². The van der Waals surface area contributed by atoms with Gasteiger partial charge in [-0.2, -0.15) is 8.78 Å². The molecule has 1 aromatic heterocycles. The number of anilines is 1. The Balaban J connectivity index is 1.49. The highest BCUT2D eigenvalue weighted by molar-refractivity contribution is 7.92. The summed E-state index contributed by atoms with van der Waals surface area (Å²) >= 11 is 0. The Hall–Kier alpha value is -2.85. The van der Waals surface area contributed by atoms with Crippen LogP contribution < -0.4 is 4.31 Å². The Morgan fingerprint density at radius 2 is 1.70 bits per heavy atom. The van der Waals surface area contributed by atoms with Gasteiger partial charge in [0.15, 0.2) is 0 Å². The average Bonchev–Trinajstić information content (AvgIpc) is 3.51. The molecule has 7 nitrogen and oxygen atoms in total. The smallest absolute Gasteiger partial charge is 0.314 e. The van der Waals surface area contributed by atoms with Crippen molar-refractivity contribution in [2.45, 2.75) is 32.2 Å². The predicted octanol–water partition coefficient (Wildman–Crippen LogP) is 4.50. The van der Waals surface area contributed by atoms with Crippen molar-refractivity contribution in [3.63, 3.8) is 0 Å². The molecule has 0 N–H and O–H groups in total. The standard InChI is InChI=1S/C23H26F2N4O3S/c24-21(25)23-27-26-22(32-23)19-11-9-18(10-12-19)17-29(20-7-2-1-3-8-20)33(30,31)16-6-15-28-13-4-5-14-28/h1-3,7-12,21H,4-6,13-17H2. The molecular formula is C23H26F2N4O3S. The zero-order valence-electron chi connectivity index (χ0n) is 18.1. The minimum atomic E-state index is -3.55. The van der Waals surface area contributed by atoms with Crippen molar-refractivity contribution >= 4 is 15.7 Å². The second-order valence-corrected chi connectivity index (χ2v) is 10.0. The van der Waals surface area contributed by atoms with E-state index in [9.17, 15) is 17.2 Å². The predicted molar refractivity (Wildman–Crippen MR) is 121 cm³/mol. The van der Waals surface area contributed by atoms with Gasteiger partial charge in [-0.05, 0) is 68.7 Å². The summed E-state index contributed by atoms with van der Waals surface area (Å²) in [7, 11) is -3.55. The summed E-state index contributed by atoms with van der Waals surface area (Å²) in [5.74, 6) is -0.676. The van der Waals surface area contributed by atoms with Crippen LogP contribution >= 0.6 is 0 Å². The summed E-state index contributed by atoms with van der Waals surface area (Å²) in [6.45, 7) is 3.01. The molecule has 2 heterocycles. The molecule has 0 aliphatic carbocycles. The fourth-order valence-electron chi connectivity index (χ4n) is 3.89. The lowest BCUT2D eigenvalue weighted by atomic mass is 10.1. The van der Waals surface area contributed by atoms with E-state index in [0.29, 0.717) is 17.7 Å². The maximum Gasteiger partial charge on any atom is 0.314 e. The molecule has 0 unspecified atom stereocenters. The number of hydrogen-bond donors (Lipinski definition) is 0. The molecule has 0 saturated carbocycles. The number of alkyl halides is 2. The Morgan fingerprint density at radius 1 is 1.00 bits per heavy atom. The minimum Gasteiger partial charge on any atom is -0.415 e. The van der Waals surface area contributed by atoms with E-state index in [2.05, 4.69) is 15.1 Å². The number of benzene rings is 2. The minimum absolute atomic E-state index is 0.00806. The van der Waals surface area contributed by atoms with Crippen molar-refractivity contribution in [2.75, 3.05) is 29.7 Å². The van der Waals surface area contributed by atoms with Gasteiger partial charge in [-0.15, -0.1) is 10.2 Å². The van der Waals surface area contributed by atoms with E-state index in [0.717, 1.165) is 25.2 Å². The highest BCUT2D eigenvalue weighted by atomic mass is 32.2. The summed E-state index contributed by atoms with van der Waals surface area (Å²) in [4.78, 5) is 2.30. The number of aromatic nitrogens is 2. The number of halogens is 2. The molecule has 176 valence electrons. The van der Waals surface area contributed by atoms with Gasteiger partial charge >= 0.3 is 6.43 Å². The van der Waals surface area contributed by atoms with Gasteiger partial charge < -0.3 is 9.32 Å². The highest BCUT2D eigenvalue weighted by Gasteiger charge is 2.24. The quantitative estimate of drug-likeness (QED) is 0.429. The molecule has 4 rings (SSSR count). The molecule has 0 spiro atoms. The van der Waals surface area contributed by atoms with Gasteiger partial charge in [-0.3, -0.25) is 4.31 Å². The van der Waals surface area contributed by atoms with Crippen LogP contribution in [0.5, 0.6) is 0 Å². The third-order valence-electron chi connectivity index (χ3n) is 5.61. The van der Waals surface area contributed by atoms with Gasteiger partial charge in [0.05, 0.1) is 18.0 Å². The number of likely N-dealkylation sites (tertiary alicyclic amines) is 1. The summed E-state index contributed by atoms with van der Waals surface area (Å²) in [6.07, 6.45) is 0.0900. The third kappa shape index (κ3) is 5.94. The van der Waals surface area contributed by atoms with Crippen molar-refractivity contribution in [3.8, 4) is 11.5 Å². The van der Waals surface area contributed by atoms with Crippen LogP contribution in [0.15, 0.2) is 59.0 Å². The van der Waals surface area contributed by atoms with Crippen molar-refractivity contribution in [1.82, 2.24) is 15.1 Å². The van der Waals surface area contributed by atoms with Crippen molar-refractivity contribution in [1.29, 1.82) is 0 Å². The average molecular weight is 477 g/mol. The number of nitrogens with zero attached hydrogens (tertiary/aromatic N) is 4. The van der Waals surface area contributed by atoms with Crippen molar-refractivity contribution in [2.24, 2.45) is 0 Å². The Bertz CT molecular complexity index is 1130. The Morgan fingerprint density at radius 3 is 2.33 bits per heavy atom. The Labute approximate surface area is 192 Å². The van der Waals surface area contributed by atoms with E-state index in [1.54, 1.807) is 48.5 Å². The fraction of sp³-hybridized carbons (Fsp3) is 0.391. The molecule has 0 atom stereocenters. The van der Waals surface area contributed by atoms with Gasteiger partial charge in [-0.25, -0.2) is 8.42 Å². The first-order chi connectivity index (χ1) is 15.9. The topological polar surface area (TPSA) is 79.5 Å². The van der Waals surface area contributed by atoms with Crippen LogP contribution in [0.1, 0.15) is 37.1 Å². The molecule has 1 fully saturated rings. The normalized spacial score (nSPS) is 14.8. The lowest BCUT2D eigenvalue weighted by Gasteiger charge is -2.25. The van der Waals surface area contributed by atoms with Crippen LogP contribution in [0.4, 0.5) is 14.5 Å². The summed E-state index contributed by atoms with van der Waals surface area (Å²) in [5, 5.41) is 6.98. The van der Waals surface area contributed by atoms with Gasteiger partial charge in [0.2, 0.25) is 15.9 Å². The molecule has 1 aliphatic rings. The molecular weight excluding hydrogens is 450 g/mol. The van der Waals surface area contributed by atoms with E-state index in [-0.39, 0.29) is 18.2 Å². The fourth-order valence-corrected chi connectivity index (χ4v) is 5.39. The zero-order valence-corrected chi connectivity index (χ0v) is 18.9. The van der Waals surface area contributed by atoms with Gasteiger partial charge in [0, 0.05) is 5.56 Å². The molecule has 33 heavy (non-hydrogen) atoms. The van der Waals surface area contributed by atoms with E-state index < -0.39 is 22.3 Å². The van der Waals surface area contributed by atoms with Crippen LogP contribution in [0, 0.1) is 0 Å². The van der Waals surface area contributed by atoms with E-state index in [1.165, 1.54) is 17.1 Å².